The average Bonchev–Trinajstić information content (AvgIpc) is 2.78. The quantitative estimate of drug-likeness (QED) is 0.824. The molecule has 0 aliphatic rings. The summed E-state index contributed by atoms with van der Waals surface area (Å²) < 4.78 is 15.1. The Morgan fingerprint density at radius 2 is 2.29 bits per heavy atom. The molecule has 0 amide bonds. The van der Waals surface area contributed by atoms with Crippen molar-refractivity contribution >= 4 is 23.0 Å². The normalized spacial score (nSPS) is 10.5. The Morgan fingerprint density at radius 3 is 3.00 bits per heavy atom. The molecular weight excluding hydrogens is 243 g/mol. The molecule has 2 aromatic rings. The lowest BCUT2D eigenvalue weighted by Gasteiger charge is -2.10. The molecule has 0 spiro atoms. The van der Waals surface area contributed by atoms with Crippen LogP contribution in [-0.4, -0.2) is 16.1 Å². The SMILES string of the molecule is Nc1cc(Cl)c(F)cc1NCCn1ccnc1. The zero-order valence-electron chi connectivity index (χ0n) is 9.03. The van der Waals surface area contributed by atoms with Gasteiger partial charge in [0.2, 0.25) is 0 Å². The van der Waals surface area contributed by atoms with E-state index in [4.69, 9.17) is 17.3 Å². The molecule has 1 aromatic heterocycles. The summed E-state index contributed by atoms with van der Waals surface area (Å²) in [5.74, 6) is -0.481. The molecule has 17 heavy (non-hydrogen) atoms. The number of hydrogen-bond donors (Lipinski definition) is 2. The largest absolute Gasteiger partial charge is 0.397 e. The van der Waals surface area contributed by atoms with Gasteiger partial charge in [0.05, 0.1) is 22.7 Å². The fourth-order valence-electron chi connectivity index (χ4n) is 1.45. The first-order valence-electron chi connectivity index (χ1n) is 5.11. The van der Waals surface area contributed by atoms with Crippen LogP contribution in [0.1, 0.15) is 0 Å². The summed E-state index contributed by atoms with van der Waals surface area (Å²) in [5.41, 5.74) is 6.70. The third-order valence-electron chi connectivity index (χ3n) is 2.34. The molecule has 1 heterocycles. The minimum Gasteiger partial charge on any atom is -0.397 e. The van der Waals surface area contributed by atoms with Gasteiger partial charge in [-0.15, -0.1) is 0 Å². The molecule has 0 saturated heterocycles. The summed E-state index contributed by atoms with van der Waals surface area (Å²) in [6.45, 7) is 1.35. The summed E-state index contributed by atoms with van der Waals surface area (Å²) in [7, 11) is 0. The van der Waals surface area contributed by atoms with E-state index < -0.39 is 5.82 Å². The van der Waals surface area contributed by atoms with Gasteiger partial charge in [-0.1, -0.05) is 11.6 Å². The van der Waals surface area contributed by atoms with Crippen molar-refractivity contribution < 1.29 is 4.39 Å². The number of imidazole rings is 1. The second-order valence-electron chi connectivity index (χ2n) is 3.58. The Kier molecular flexibility index (Phi) is 3.49. The Hall–Kier alpha value is -1.75. The molecular formula is C11H12ClFN4. The van der Waals surface area contributed by atoms with E-state index >= 15 is 0 Å². The fourth-order valence-corrected chi connectivity index (χ4v) is 1.63. The molecule has 4 nitrogen and oxygen atoms in total. The summed E-state index contributed by atoms with van der Waals surface area (Å²) in [6, 6.07) is 2.70. The Labute approximate surface area is 103 Å². The van der Waals surface area contributed by atoms with Crippen molar-refractivity contribution in [3.05, 3.63) is 41.7 Å². The minimum absolute atomic E-state index is 0.0302. The number of anilines is 2. The first-order valence-corrected chi connectivity index (χ1v) is 5.49. The van der Waals surface area contributed by atoms with Crippen molar-refractivity contribution in [1.82, 2.24) is 9.55 Å². The third kappa shape index (κ3) is 2.88. The molecule has 3 N–H and O–H groups in total. The first kappa shape index (κ1) is 11.7. The van der Waals surface area contributed by atoms with E-state index in [2.05, 4.69) is 10.3 Å². The molecule has 0 fully saturated rings. The Balaban J connectivity index is 1.97. The van der Waals surface area contributed by atoms with Crippen LogP contribution in [0, 0.1) is 5.82 Å². The van der Waals surface area contributed by atoms with Crippen molar-refractivity contribution in [3.8, 4) is 0 Å². The van der Waals surface area contributed by atoms with Gasteiger partial charge in [0.25, 0.3) is 0 Å². The maximum absolute atomic E-state index is 13.2. The van der Waals surface area contributed by atoms with Gasteiger partial charge in [-0.2, -0.15) is 0 Å². The van der Waals surface area contributed by atoms with Crippen LogP contribution in [0.5, 0.6) is 0 Å². The smallest absolute Gasteiger partial charge is 0.143 e. The number of nitrogen functional groups attached to an aromatic ring is 1. The van der Waals surface area contributed by atoms with Crippen LogP contribution in [0.15, 0.2) is 30.9 Å². The minimum atomic E-state index is -0.481. The first-order chi connectivity index (χ1) is 8.16. The van der Waals surface area contributed by atoms with Crippen LogP contribution < -0.4 is 11.1 Å². The van der Waals surface area contributed by atoms with Crippen LogP contribution in [0.4, 0.5) is 15.8 Å². The van der Waals surface area contributed by atoms with Crippen LogP contribution >= 0.6 is 11.6 Å². The van der Waals surface area contributed by atoms with Gasteiger partial charge < -0.3 is 15.6 Å². The number of nitrogens with one attached hydrogen (secondary N) is 1. The molecule has 2 rings (SSSR count). The number of benzene rings is 1. The van der Waals surface area contributed by atoms with Crippen molar-refractivity contribution in [1.29, 1.82) is 0 Å². The van der Waals surface area contributed by atoms with Gasteiger partial charge in [-0.3, -0.25) is 0 Å². The van der Waals surface area contributed by atoms with Gasteiger partial charge in [0.15, 0.2) is 0 Å². The number of nitrogens with two attached hydrogens (primary N) is 1. The summed E-state index contributed by atoms with van der Waals surface area (Å²) in [5, 5.41) is 3.08. The molecule has 0 unspecified atom stereocenters. The van der Waals surface area contributed by atoms with Crippen molar-refractivity contribution in [2.24, 2.45) is 0 Å². The van der Waals surface area contributed by atoms with E-state index in [1.54, 1.807) is 12.5 Å². The number of halogens is 2. The van der Waals surface area contributed by atoms with E-state index in [-0.39, 0.29) is 5.02 Å². The summed E-state index contributed by atoms with van der Waals surface area (Å²) in [4.78, 5) is 3.92. The van der Waals surface area contributed by atoms with Crippen molar-refractivity contribution in [2.45, 2.75) is 6.54 Å². The second-order valence-corrected chi connectivity index (χ2v) is 3.99. The van der Waals surface area contributed by atoms with E-state index in [1.807, 2.05) is 10.8 Å². The standard InChI is InChI=1S/C11H12ClFN4/c12-8-5-10(14)11(6-9(8)13)16-2-4-17-3-1-15-7-17/h1,3,5-7,16H,2,4,14H2. The lowest BCUT2D eigenvalue weighted by Crippen LogP contribution is -2.10. The zero-order chi connectivity index (χ0) is 12.3. The number of rotatable bonds is 4. The molecule has 0 atom stereocenters. The molecule has 0 aliphatic carbocycles. The Bertz CT molecular complexity index is 498. The van der Waals surface area contributed by atoms with E-state index in [0.29, 0.717) is 17.9 Å². The third-order valence-corrected chi connectivity index (χ3v) is 2.63. The number of aromatic nitrogens is 2. The Morgan fingerprint density at radius 1 is 1.47 bits per heavy atom. The highest BCUT2D eigenvalue weighted by Gasteiger charge is 2.05. The number of hydrogen-bond acceptors (Lipinski definition) is 3. The molecule has 0 bridgehead atoms. The van der Waals surface area contributed by atoms with Crippen molar-refractivity contribution in [2.75, 3.05) is 17.6 Å². The highest BCUT2D eigenvalue weighted by atomic mass is 35.5. The highest BCUT2D eigenvalue weighted by Crippen LogP contribution is 2.25. The second kappa shape index (κ2) is 5.05. The van der Waals surface area contributed by atoms with Gasteiger partial charge in [0, 0.05) is 31.5 Å². The molecule has 0 radical (unpaired) electrons. The van der Waals surface area contributed by atoms with Gasteiger partial charge in [-0.25, -0.2) is 9.37 Å². The van der Waals surface area contributed by atoms with Gasteiger partial charge in [0.1, 0.15) is 5.82 Å². The fraction of sp³-hybridized carbons (Fsp3) is 0.182. The monoisotopic (exact) mass is 254 g/mol. The van der Waals surface area contributed by atoms with E-state index in [0.717, 1.165) is 6.54 Å². The van der Waals surface area contributed by atoms with Gasteiger partial charge >= 0.3 is 0 Å². The van der Waals surface area contributed by atoms with E-state index in [1.165, 1.54) is 12.1 Å². The van der Waals surface area contributed by atoms with Crippen LogP contribution in [-0.2, 0) is 6.54 Å². The summed E-state index contributed by atoms with van der Waals surface area (Å²) >= 11 is 5.61. The molecule has 1 aromatic carbocycles. The average molecular weight is 255 g/mol. The zero-order valence-corrected chi connectivity index (χ0v) is 9.78. The van der Waals surface area contributed by atoms with E-state index in [9.17, 15) is 4.39 Å². The highest BCUT2D eigenvalue weighted by molar-refractivity contribution is 6.31. The maximum atomic E-state index is 13.2. The summed E-state index contributed by atoms with van der Waals surface area (Å²) in [6.07, 6.45) is 5.28. The van der Waals surface area contributed by atoms with Gasteiger partial charge in [-0.05, 0) is 6.07 Å². The lowest BCUT2D eigenvalue weighted by molar-refractivity contribution is 0.628. The maximum Gasteiger partial charge on any atom is 0.143 e. The lowest BCUT2D eigenvalue weighted by atomic mass is 10.2. The number of nitrogens with zero attached hydrogens (tertiary/aromatic N) is 2. The van der Waals surface area contributed by atoms with Crippen LogP contribution in [0.2, 0.25) is 5.02 Å². The molecule has 6 heteroatoms. The molecule has 90 valence electrons. The predicted octanol–water partition coefficient (Wildman–Crippen LogP) is 2.37. The molecule has 0 saturated carbocycles. The van der Waals surface area contributed by atoms with Crippen LogP contribution in [0.3, 0.4) is 0 Å². The molecule has 0 aliphatic heterocycles. The van der Waals surface area contributed by atoms with Crippen LogP contribution in [0.25, 0.3) is 0 Å². The topological polar surface area (TPSA) is 55.9 Å². The van der Waals surface area contributed by atoms with Crippen molar-refractivity contribution in [3.63, 3.8) is 0 Å². The predicted molar refractivity (Wildman–Crippen MR) is 66.5 cm³/mol.